The van der Waals surface area contributed by atoms with Crippen molar-refractivity contribution < 1.29 is 8.42 Å². The van der Waals surface area contributed by atoms with E-state index in [2.05, 4.69) is 15.0 Å². The molecule has 1 aromatic carbocycles. The van der Waals surface area contributed by atoms with E-state index in [1.54, 1.807) is 42.6 Å². The molecule has 0 unspecified atom stereocenters. The van der Waals surface area contributed by atoms with Crippen molar-refractivity contribution >= 4 is 10.0 Å². The third-order valence-electron chi connectivity index (χ3n) is 2.78. The van der Waals surface area contributed by atoms with Crippen LogP contribution >= 0.6 is 0 Å². The average Bonchev–Trinajstić information content (AvgIpc) is 2.47. The molecule has 0 spiro atoms. The Balaban J connectivity index is 2.06. The highest BCUT2D eigenvalue weighted by Gasteiger charge is 2.13. The van der Waals surface area contributed by atoms with Gasteiger partial charge in [0.1, 0.15) is 0 Å². The number of sulfonamides is 1. The van der Waals surface area contributed by atoms with Gasteiger partial charge in [-0.15, -0.1) is 0 Å². The first-order chi connectivity index (χ1) is 9.62. The van der Waals surface area contributed by atoms with Gasteiger partial charge in [-0.1, -0.05) is 18.2 Å². The van der Waals surface area contributed by atoms with E-state index in [9.17, 15) is 8.42 Å². The third-order valence-corrected chi connectivity index (χ3v) is 4.20. The first kappa shape index (κ1) is 14.6. The summed E-state index contributed by atoms with van der Waals surface area (Å²) in [5, 5.41) is 3.02. The summed E-state index contributed by atoms with van der Waals surface area (Å²) in [5.41, 5.74) is 1.72. The maximum atomic E-state index is 12.1. The molecular formula is C14H17N3O2S. The average molecular weight is 291 g/mol. The zero-order chi connectivity index (χ0) is 14.4. The Bertz CT molecular complexity index is 640. The number of hydrogen-bond acceptors (Lipinski definition) is 4. The van der Waals surface area contributed by atoms with Crippen molar-refractivity contribution in [2.45, 2.75) is 18.0 Å². The Morgan fingerprint density at radius 2 is 1.80 bits per heavy atom. The van der Waals surface area contributed by atoms with Crippen LogP contribution in [0.3, 0.4) is 0 Å². The third kappa shape index (κ3) is 3.86. The van der Waals surface area contributed by atoms with Crippen molar-refractivity contribution in [3.8, 4) is 0 Å². The summed E-state index contributed by atoms with van der Waals surface area (Å²) in [6, 6.07) is 12.2. The van der Waals surface area contributed by atoms with Crippen LogP contribution in [0.15, 0.2) is 53.6 Å². The molecule has 0 saturated heterocycles. The van der Waals surface area contributed by atoms with Gasteiger partial charge in [0.25, 0.3) is 0 Å². The Morgan fingerprint density at radius 3 is 2.40 bits per heavy atom. The summed E-state index contributed by atoms with van der Waals surface area (Å²) in [5.74, 6) is 0. The number of pyridine rings is 1. The second kappa shape index (κ2) is 6.60. The first-order valence-corrected chi connectivity index (χ1v) is 7.73. The fourth-order valence-corrected chi connectivity index (χ4v) is 2.74. The minimum Gasteiger partial charge on any atom is -0.316 e. The lowest BCUT2D eigenvalue weighted by Crippen LogP contribution is -2.23. The van der Waals surface area contributed by atoms with E-state index in [0.717, 1.165) is 5.56 Å². The molecule has 2 N–H and O–H groups in total. The van der Waals surface area contributed by atoms with Crippen molar-refractivity contribution in [3.05, 3.63) is 59.9 Å². The van der Waals surface area contributed by atoms with E-state index >= 15 is 0 Å². The van der Waals surface area contributed by atoms with Crippen LogP contribution in [0.4, 0.5) is 0 Å². The number of nitrogens with zero attached hydrogens (tertiary/aromatic N) is 1. The lowest BCUT2D eigenvalue weighted by atomic mass is 10.2. The second-order valence-electron chi connectivity index (χ2n) is 4.32. The molecule has 0 atom stereocenters. The van der Waals surface area contributed by atoms with E-state index in [4.69, 9.17) is 0 Å². The summed E-state index contributed by atoms with van der Waals surface area (Å²) in [7, 11) is -1.65. The van der Waals surface area contributed by atoms with Gasteiger partial charge in [-0.25, -0.2) is 13.1 Å². The highest BCUT2D eigenvalue weighted by molar-refractivity contribution is 7.89. The predicted molar refractivity (Wildman–Crippen MR) is 77.5 cm³/mol. The lowest BCUT2D eigenvalue weighted by Gasteiger charge is -2.07. The molecule has 106 valence electrons. The topological polar surface area (TPSA) is 71.1 Å². The molecule has 2 aromatic rings. The van der Waals surface area contributed by atoms with Gasteiger partial charge in [0.2, 0.25) is 10.0 Å². The smallest absolute Gasteiger partial charge is 0.240 e. The summed E-state index contributed by atoms with van der Waals surface area (Å²) >= 11 is 0. The second-order valence-corrected chi connectivity index (χ2v) is 6.09. The minimum absolute atomic E-state index is 0.182. The molecule has 0 saturated carbocycles. The summed E-state index contributed by atoms with van der Waals surface area (Å²) < 4.78 is 26.8. The molecule has 0 fully saturated rings. The van der Waals surface area contributed by atoms with Crippen LogP contribution in [0.1, 0.15) is 11.3 Å². The van der Waals surface area contributed by atoms with Gasteiger partial charge in [0, 0.05) is 12.7 Å². The molecule has 6 heteroatoms. The standard InChI is InChI=1S/C14H17N3O2S/c1-15-10-12-5-7-14(8-6-12)20(18,19)17-11-13-4-2-3-9-16-13/h2-9,15,17H,10-11H2,1H3. The van der Waals surface area contributed by atoms with Crippen LogP contribution in [-0.4, -0.2) is 20.4 Å². The molecular weight excluding hydrogens is 274 g/mol. The van der Waals surface area contributed by atoms with E-state index in [1.165, 1.54) is 0 Å². The zero-order valence-electron chi connectivity index (χ0n) is 11.2. The Kier molecular flexibility index (Phi) is 4.84. The highest BCUT2D eigenvalue weighted by atomic mass is 32.2. The Labute approximate surface area is 119 Å². The van der Waals surface area contributed by atoms with Crippen molar-refractivity contribution in [2.75, 3.05) is 7.05 Å². The Morgan fingerprint density at radius 1 is 1.05 bits per heavy atom. The fraction of sp³-hybridized carbons (Fsp3) is 0.214. The largest absolute Gasteiger partial charge is 0.316 e. The van der Waals surface area contributed by atoms with Gasteiger partial charge in [0.05, 0.1) is 17.1 Å². The van der Waals surface area contributed by atoms with Crippen LogP contribution < -0.4 is 10.0 Å². The maximum Gasteiger partial charge on any atom is 0.240 e. The predicted octanol–water partition coefficient (Wildman–Crippen LogP) is 1.28. The molecule has 0 aliphatic rings. The van der Waals surface area contributed by atoms with Crippen LogP contribution in [-0.2, 0) is 23.1 Å². The van der Waals surface area contributed by atoms with Crippen molar-refractivity contribution in [3.63, 3.8) is 0 Å². The molecule has 0 radical (unpaired) electrons. The van der Waals surface area contributed by atoms with Crippen molar-refractivity contribution in [2.24, 2.45) is 0 Å². The molecule has 2 rings (SSSR count). The van der Waals surface area contributed by atoms with Gasteiger partial charge in [-0.3, -0.25) is 4.98 Å². The number of hydrogen-bond donors (Lipinski definition) is 2. The van der Waals surface area contributed by atoms with Crippen LogP contribution in [0.2, 0.25) is 0 Å². The van der Waals surface area contributed by atoms with Crippen molar-refractivity contribution in [1.29, 1.82) is 0 Å². The van der Waals surface area contributed by atoms with Crippen LogP contribution in [0, 0.1) is 0 Å². The number of nitrogens with one attached hydrogen (secondary N) is 2. The Hall–Kier alpha value is -1.76. The van der Waals surface area contributed by atoms with Gasteiger partial charge < -0.3 is 5.32 Å². The van der Waals surface area contributed by atoms with Crippen LogP contribution in [0.25, 0.3) is 0 Å². The zero-order valence-corrected chi connectivity index (χ0v) is 12.0. The minimum atomic E-state index is -3.50. The molecule has 0 bridgehead atoms. The fourth-order valence-electron chi connectivity index (χ4n) is 1.75. The van der Waals surface area contributed by atoms with Gasteiger partial charge >= 0.3 is 0 Å². The lowest BCUT2D eigenvalue weighted by molar-refractivity contribution is 0.580. The van der Waals surface area contributed by atoms with Crippen LogP contribution in [0.5, 0.6) is 0 Å². The van der Waals surface area contributed by atoms with E-state index < -0.39 is 10.0 Å². The van der Waals surface area contributed by atoms with Gasteiger partial charge in [-0.2, -0.15) is 0 Å². The molecule has 20 heavy (non-hydrogen) atoms. The molecule has 1 heterocycles. The summed E-state index contributed by atoms with van der Waals surface area (Å²) in [4.78, 5) is 4.34. The SMILES string of the molecule is CNCc1ccc(S(=O)(=O)NCc2ccccn2)cc1. The summed E-state index contributed by atoms with van der Waals surface area (Å²) in [6.07, 6.45) is 1.64. The quantitative estimate of drug-likeness (QED) is 0.841. The molecule has 0 aliphatic carbocycles. The van der Waals surface area contributed by atoms with Gasteiger partial charge in [-0.05, 0) is 36.9 Å². The number of aromatic nitrogens is 1. The van der Waals surface area contributed by atoms with Gasteiger partial charge in [0.15, 0.2) is 0 Å². The normalized spacial score (nSPS) is 11.4. The van der Waals surface area contributed by atoms with E-state index in [1.807, 2.05) is 13.1 Å². The molecule has 5 nitrogen and oxygen atoms in total. The first-order valence-electron chi connectivity index (χ1n) is 6.25. The molecule has 0 amide bonds. The summed E-state index contributed by atoms with van der Waals surface area (Å²) in [6.45, 7) is 0.892. The number of rotatable bonds is 6. The van der Waals surface area contributed by atoms with E-state index in [-0.39, 0.29) is 11.4 Å². The number of benzene rings is 1. The molecule has 0 aliphatic heterocycles. The van der Waals surface area contributed by atoms with Crippen molar-refractivity contribution in [1.82, 2.24) is 15.0 Å². The van der Waals surface area contributed by atoms with E-state index in [0.29, 0.717) is 12.2 Å². The monoisotopic (exact) mass is 291 g/mol. The maximum absolute atomic E-state index is 12.1. The molecule has 1 aromatic heterocycles. The highest BCUT2D eigenvalue weighted by Crippen LogP contribution is 2.11.